The van der Waals surface area contributed by atoms with E-state index in [1.165, 1.54) is 38.5 Å². The molecule has 0 spiro atoms. The van der Waals surface area contributed by atoms with Crippen molar-refractivity contribution >= 4 is 17.7 Å². The highest BCUT2D eigenvalue weighted by Gasteiger charge is 2.13. The number of esters is 1. The van der Waals surface area contributed by atoms with Crippen molar-refractivity contribution in [2.75, 3.05) is 19.0 Å². The Morgan fingerprint density at radius 1 is 1.10 bits per heavy atom. The molecule has 0 aromatic rings. The van der Waals surface area contributed by atoms with E-state index in [1.54, 1.807) is 0 Å². The summed E-state index contributed by atoms with van der Waals surface area (Å²) in [6, 6.07) is 0. The lowest BCUT2D eigenvalue weighted by Gasteiger charge is -2.17. The van der Waals surface area contributed by atoms with Crippen molar-refractivity contribution in [2.45, 2.75) is 77.4 Å². The highest BCUT2D eigenvalue weighted by atomic mass is 32.2. The number of aliphatic hydroxyl groups excluding tert-OH is 1. The Morgan fingerprint density at radius 3 is 2.38 bits per heavy atom. The number of carbonyl (C=O) groups is 1. The molecule has 0 heterocycles. The zero-order chi connectivity index (χ0) is 15.9. The minimum atomic E-state index is -0.515. The van der Waals surface area contributed by atoms with Gasteiger partial charge in [-0.1, -0.05) is 52.9 Å². The fourth-order valence-electron chi connectivity index (χ4n) is 2.10. The van der Waals surface area contributed by atoms with Crippen LogP contribution in [-0.4, -0.2) is 35.3 Å². The Bertz CT molecular complexity index is 244. The van der Waals surface area contributed by atoms with E-state index in [0.29, 0.717) is 17.8 Å². The molecular weight excluding hydrogens is 284 g/mol. The first-order valence-electron chi connectivity index (χ1n) is 8.48. The molecule has 0 aromatic carbocycles. The highest BCUT2D eigenvalue weighted by molar-refractivity contribution is 7.99. The third-order valence-electron chi connectivity index (χ3n) is 3.48. The largest absolute Gasteiger partial charge is 0.463 e. The molecule has 0 aliphatic carbocycles. The van der Waals surface area contributed by atoms with Crippen molar-refractivity contribution in [3.63, 3.8) is 0 Å². The molecule has 0 amide bonds. The van der Waals surface area contributed by atoms with Gasteiger partial charge in [-0.2, -0.15) is 11.8 Å². The summed E-state index contributed by atoms with van der Waals surface area (Å²) in [6.07, 6.45) is 10.1. The van der Waals surface area contributed by atoms with Crippen LogP contribution in [0.25, 0.3) is 0 Å². The van der Waals surface area contributed by atoms with Crippen LogP contribution in [-0.2, 0) is 9.53 Å². The van der Waals surface area contributed by atoms with Gasteiger partial charge in [0.1, 0.15) is 13.2 Å². The van der Waals surface area contributed by atoms with Gasteiger partial charge in [0.15, 0.2) is 0 Å². The zero-order valence-corrected chi connectivity index (χ0v) is 14.9. The molecule has 0 aliphatic rings. The molecule has 0 saturated heterocycles. The number of rotatable bonds is 14. The second-order valence-corrected chi connectivity index (χ2v) is 7.48. The van der Waals surface area contributed by atoms with Crippen LogP contribution in [0, 0.1) is 5.92 Å². The topological polar surface area (TPSA) is 46.5 Å². The average Bonchev–Trinajstić information content (AvgIpc) is 2.47. The van der Waals surface area contributed by atoms with E-state index in [0.717, 1.165) is 18.6 Å². The number of hydrogen-bond acceptors (Lipinski definition) is 4. The maximum Gasteiger partial charge on any atom is 0.331 e. The molecule has 0 saturated carbocycles. The quantitative estimate of drug-likeness (QED) is 0.380. The van der Waals surface area contributed by atoms with Gasteiger partial charge >= 0.3 is 5.97 Å². The van der Waals surface area contributed by atoms with Gasteiger partial charge in [0.25, 0.3) is 0 Å². The molecule has 0 radical (unpaired) electrons. The van der Waals surface area contributed by atoms with Crippen LogP contribution in [0.4, 0.5) is 0 Å². The Balaban J connectivity index is 3.78. The van der Waals surface area contributed by atoms with Crippen LogP contribution in [0.5, 0.6) is 0 Å². The van der Waals surface area contributed by atoms with Crippen LogP contribution in [0.1, 0.15) is 72.1 Å². The number of aliphatic hydroxyl groups is 1. The summed E-state index contributed by atoms with van der Waals surface area (Å²) in [4.78, 5) is 11.0. The third kappa shape index (κ3) is 14.5. The van der Waals surface area contributed by atoms with Crippen molar-refractivity contribution in [2.24, 2.45) is 5.92 Å². The standard InChI is InChI=1S/C17H34O3S/c1-4-5-6-7-8-9-12-21-16(11-10-15(2)3)14-20-17(19)13-18/h15-16,18H,4-14H2,1-3H3. The summed E-state index contributed by atoms with van der Waals surface area (Å²) in [6.45, 7) is 6.60. The molecule has 1 atom stereocenters. The van der Waals surface area contributed by atoms with Gasteiger partial charge in [-0.15, -0.1) is 0 Å². The predicted molar refractivity (Wildman–Crippen MR) is 91.7 cm³/mol. The predicted octanol–water partition coefficient (Wildman–Crippen LogP) is 4.42. The Labute approximate surface area is 135 Å². The fourth-order valence-corrected chi connectivity index (χ4v) is 3.27. The molecule has 3 nitrogen and oxygen atoms in total. The van der Waals surface area contributed by atoms with Crippen LogP contribution in [0.15, 0.2) is 0 Å². The molecule has 0 aromatic heterocycles. The summed E-state index contributed by atoms with van der Waals surface area (Å²) in [5.41, 5.74) is 0. The molecule has 0 rings (SSSR count). The first-order valence-corrected chi connectivity index (χ1v) is 9.53. The van der Waals surface area contributed by atoms with Crippen LogP contribution in [0.2, 0.25) is 0 Å². The smallest absolute Gasteiger partial charge is 0.331 e. The molecule has 21 heavy (non-hydrogen) atoms. The molecule has 0 bridgehead atoms. The van der Waals surface area contributed by atoms with Crippen LogP contribution in [0.3, 0.4) is 0 Å². The Hall–Kier alpha value is -0.220. The number of carbonyl (C=O) groups excluding carboxylic acids is 1. The van der Waals surface area contributed by atoms with Crippen molar-refractivity contribution in [3.8, 4) is 0 Å². The maximum absolute atomic E-state index is 11.0. The molecule has 0 aliphatic heterocycles. The maximum atomic E-state index is 11.0. The summed E-state index contributed by atoms with van der Waals surface area (Å²) >= 11 is 1.92. The van der Waals surface area contributed by atoms with E-state index in [1.807, 2.05) is 11.8 Å². The molecule has 1 N–H and O–H groups in total. The first-order chi connectivity index (χ1) is 10.1. The number of unbranched alkanes of at least 4 members (excludes halogenated alkanes) is 5. The summed E-state index contributed by atoms with van der Waals surface area (Å²) in [7, 11) is 0. The average molecular weight is 319 g/mol. The minimum Gasteiger partial charge on any atom is -0.463 e. The summed E-state index contributed by atoms with van der Waals surface area (Å²) in [5.74, 6) is 1.31. The normalized spacial score (nSPS) is 12.6. The van der Waals surface area contributed by atoms with Gasteiger partial charge in [0, 0.05) is 5.25 Å². The summed E-state index contributed by atoms with van der Waals surface area (Å²) < 4.78 is 5.09. The Morgan fingerprint density at radius 2 is 1.76 bits per heavy atom. The van der Waals surface area contributed by atoms with Crippen LogP contribution < -0.4 is 0 Å². The lowest BCUT2D eigenvalue weighted by molar-refractivity contribution is -0.146. The van der Waals surface area contributed by atoms with E-state index < -0.39 is 12.6 Å². The van der Waals surface area contributed by atoms with Crippen molar-refractivity contribution < 1.29 is 14.6 Å². The third-order valence-corrected chi connectivity index (χ3v) is 4.84. The molecular formula is C17H34O3S. The molecule has 4 heteroatoms. The second kappa shape index (κ2) is 14.7. The van der Waals surface area contributed by atoms with E-state index >= 15 is 0 Å². The zero-order valence-electron chi connectivity index (χ0n) is 14.1. The summed E-state index contributed by atoms with van der Waals surface area (Å²) in [5, 5.41) is 9.07. The minimum absolute atomic E-state index is 0.374. The van der Waals surface area contributed by atoms with Crippen molar-refractivity contribution in [1.29, 1.82) is 0 Å². The van der Waals surface area contributed by atoms with Crippen LogP contribution >= 0.6 is 11.8 Å². The van der Waals surface area contributed by atoms with E-state index in [2.05, 4.69) is 20.8 Å². The van der Waals surface area contributed by atoms with Gasteiger partial charge in [-0.25, -0.2) is 4.79 Å². The van der Waals surface area contributed by atoms with Gasteiger partial charge < -0.3 is 9.84 Å². The number of hydrogen-bond donors (Lipinski definition) is 1. The SMILES string of the molecule is CCCCCCCCSC(CCC(C)C)COC(=O)CO. The van der Waals surface area contributed by atoms with E-state index in [9.17, 15) is 4.79 Å². The fraction of sp³-hybridized carbons (Fsp3) is 0.941. The van der Waals surface area contributed by atoms with E-state index in [4.69, 9.17) is 9.84 Å². The monoisotopic (exact) mass is 318 g/mol. The van der Waals surface area contributed by atoms with Gasteiger partial charge in [-0.3, -0.25) is 0 Å². The molecule has 0 fully saturated rings. The highest BCUT2D eigenvalue weighted by Crippen LogP contribution is 2.21. The van der Waals surface area contributed by atoms with Crippen molar-refractivity contribution in [1.82, 2.24) is 0 Å². The molecule has 1 unspecified atom stereocenters. The molecule has 126 valence electrons. The van der Waals surface area contributed by atoms with Gasteiger partial charge in [-0.05, 0) is 30.9 Å². The first kappa shape index (κ1) is 20.8. The lowest BCUT2D eigenvalue weighted by atomic mass is 10.1. The van der Waals surface area contributed by atoms with Gasteiger partial charge in [0.2, 0.25) is 0 Å². The Kier molecular flexibility index (Phi) is 14.6. The number of ether oxygens (including phenoxy) is 1. The van der Waals surface area contributed by atoms with E-state index in [-0.39, 0.29) is 0 Å². The van der Waals surface area contributed by atoms with Gasteiger partial charge in [0.05, 0.1) is 0 Å². The number of thioether (sulfide) groups is 1. The lowest BCUT2D eigenvalue weighted by Crippen LogP contribution is -2.19. The van der Waals surface area contributed by atoms with Crippen molar-refractivity contribution in [3.05, 3.63) is 0 Å². The second-order valence-electron chi connectivity index (χ2n) is 6.07.